The summed E-state index contributed by atoms with van der Waals surface area (Å²) in [5.41, 5.74) is 1.62. The minimum atomic E-state index is -0.469. The molecule has 0 bridgehead atoms. The molecule has 0 saturated heterocycles. The number of hydrogen-bond donors (Lipinski definition) is 0. The summed E-state index contributed by atoms with van der Waals surface area (Å²) in [7, 11) is 1.60. The Hall–Kier alpha value is -3.52. The van der Waals surface area contributed by atoms with Gasteiger partial charge in [-0.3, -0.25) is 14.9 Å². The highest BCUT2D eigenvalue weighted by atomic mass is 32.1. The number of nitro groups is 1. The molecule has 0 fully saturated rings. The summed E-state index contributed by atoms with van der Waals surface area (Å²) in [6.45, 7) is 4.28. The lowest BCUT2D eigenvalue weighted by Gasteiger charge is -2.02. The largest absolute Gasteiger partial charge is 0.497 e. The van der Waals surface area contributed by atoms with Crippen LogP contribution in [0.3, 0.4) is 0 Å². The minimum absolute atomic E-state index is 0.000616. The summed E-state index contributed by atoms with van der Waals surface area (Å²) in [5.74, 6) is 0.310. The van der Waals surface area contributed by atoms with Crippen molar-refractivity contribution in [1.29, 1.82) is 0 Å². The second-order valence-corrected chi connectivity index (χ2v) is 6.76. The highest BCUT2D eigenvalue weighted by Gasteiger charge is 2.08. The molecule has 1 amide bonds. The maximum atomic E-state index is 12.3. The average molecular weight is 395 g/mol. The van der Waals surface area contributed by atoms with Gasteiger partial charge in [0.25, 0.3) is 11.6 Å². The van der Waals surface area contributed by atoms with E-state index in [2.05, 4.69) is 11.6 Å². The van der Waals surface area contributed by atoms with Crippen LogP contribution in [0, 0.1) is 10.1 Å². The molecule has 0 atom stereocenters. The first-order valence-electron chi connectivity index (χ1n) is 8.31. The van der Waals surface area contributed by atoms with Gasteiger partial charge in [-0.1, -0.05) is 17.4 Å². The minimum Gasteiger partial charge on any atom is -0.497 e. The Labute approximate surface area is 164 Å². The first-order valence-corrected chi connectivity index (χ1v) is 9.13. The van der Waals surface area contributed by atoms with Crippen LogP contribution in [0.4, 0.5) is 5.69 Å². The van der Waals surface area contributed by atoms with Crippen LogP contribution in [0.15, 0.2) is 66.2 Å². The van der Waals surface area contributed by atoms with Crippen molar-refractivity contribution in [2.45, 2.75) is 6.54 Å². The third-order valence-corrected chi connectivity index (χ3v) is 4.97. The third-order valence-electron chi connectivity index (χ3n) is 3.93. The van der Waals surface area contributed by atoms with Gasteiger partial charge in [0.1, 0.15) is 5.75 Å². The SMILES string of the molecule is C=CCn1c(=NC(=O)/C=C\c2ccc([N+](=O)[O-])cc2)sc2cc(OC)ccc21. The van der Waals surface area contributed by atoms with Crippen LogP contribution in [0.25, 0.3) is 16.3 Å². The van der Waals surface area contributed by atoms with Crippen LogP contribution in [0.1, 0.15) is 5.56 Å². The normalized spacial score (nSPS) is 11.8. The highest BCUT2D eigenvalue weighted by molar-refractivity contribution is 7.16. The first kappa shape index (κ1) is 19.2. The van der Waals surface area contributed by atoms with E-state index in [4.69, 9.17) is 4.74 Å². The maximum absolute atomic E-state index is 12.3. The Morgan fingerprint density at radius 1 is 1.32 bits per heavy atom. The molecule has 0 aliphatic rings. The van der Waals surface area contributed by atoms with E-state index < -0.39 is 10.8 Å². The molecule has 0 aliphatic carbocycles. The average Bonchev–Trinajstić information content (AvgIpc) is 3.03. The first-order chi connectivity index (χ1) is 13.5. The number of rotatable bonds is 6. The van der Waals surface area contributed by atoms with Crippen molar-refractivity contribution in [3.8, 4) is 5.75 Å². The van der Waals surface area contributed by atoms with Gasteiger partial charge in [0, 0.05) is 24.8 Å². The number of hydrogen-bond acceptors (Lipinski definition) is 5. The van der Waals surface area contributed by atoms with Crippen molar-refractivity contribution < 1.29 is 14.5 Å². The van der Waals surface area contributed by atoms with Crippen molar-refractivity contribution >= 4 is 39.2 Å². The summed E-state index contributed by atoms with van der Waals surface area (Å²) >= 11 is 1.39. The zero-order chi connectivity index (χ0) is 20.1. The molecule has 0 saturated carbocycles. The Balaban J connectivity index is 1.91. The van der Waals surface area contributed by atoms with Crippen LogP contribution in [-0.2, 0) is 11.3 Å². The monoisotopic (exact) mass is 395 g/mol. The number of nitrogens with zero attached hydrogens (tertiary/aromatic N) is 3. The number of benzene rings is 2. The molecule has 1 heterocycles. The molecule has 3 rings (SSSR count). The molecule has 1 aromatic heterocycles. The molecule has 0 radical (unpaired) electrons. The Bertz CT molecular complexity index is 1140. The van der Waals surface area contributed by atoms with Gasteiger partial charge in [-0.2, -0.15) is 4.99 Å². The fraction of sp³-hybridized carbons (Fsp3) is 0.100. The summed E-state index contributed by atoms with van der Waals surface area (Å²) in [4.78, 5) is 27.3. The number of nitro benzene ring substituents is 1. The lowest BCUT2D eigenvalue weighted by atomic mass is 10.2. The van der Waals surface area contributed by atoms with Gasteiger partial charge in [-0.05, 0) is 42.0 Å². The molecular formula is C20H17N3O4S. The van der Waals surface area contributed by atoms with Crippen LogP contribution < -0.4 is 9.54 Å². The third kappa shape index (κ3) is 4.24. The maximum Gasteiger partial charge on any atom is 0.272 e. The predicted octanol–water partition coefficient (Wildman–Crippen LogP) is 3.95. The van der Waals surface area contributed by atoms with Gasteiger partial charge in [-0.15, -0.1) is 6.58 Å². The number of carbonyl (C=O) groups excluding carboxylic acids is 1. The van der Waals surface area contributed by atoms with Gasteiger partial charge in [0.05, 0.1) is 22.2 Å². The predicted molar refractivity (Wildman–Crippen MR) is 109 cm³/mol. The number of methoxy groups -OCH3 is 1. The molecule has 28 heavy (non-hydrogen) atoms. The topological polar surface area (TPSA) is 86.7 Å². The fourth-order valence-electron chi connectivity index (χ4n) is 2.58. The molecule has 7 nitrogen and oxygen atoms in total. The molecule has 2 aromatic carbocycles. The second kappa shape index (κ2) is 8.45. The van der Waals surface area contributed by atoms with Crippen LogP contribution >= 0.6 is 11.3 Å². The quantitative estimate of drug-likeness (QED) is 0.274. The van der Waals surface area contributed by atoms with E-state index >= 15 is 0 Å². The van der Waals surface area contributed by atoms with Gasteiger partial charge in [-0.25, -0.2) is 0 Å². The van der Waals surface area contributed by atoms with E-state index in [0.717, 1.165) is 16.0 Å². The molecule has 8 heteroatoms. The number of thiazole rings is 1. The van der Waals surface area contributed by atoms with E-state index in [-0.39, 0.29) is 5.69 Å². The van der Waals surface area contributed by atoms with Crippen LogP contribution in [0.5, 0.6) is 5.75 Å². The van der Waals surface area contributed by atoms with E-state index in [1.54, 1.807) is 31.4 Å². The molecule has 0 spiro atoms. The Kier molecular flexibility index (Phi) is 5.81. The lowest BCUT2D eigenvalue weighted by Crippen LogP contribution is -2.15. The molecule has 142 valence electrons. The summed E-state index contributed by atoms with van der Waals surface area (Å²) in [5, 5.41) is 10.7. The zero-order valence-corrected chi connectivity index (χ0v) is 15.9. The summed E-state index contributed by atoms with van der Waals surface area (Å²) < 4.78 is 8.11. The van der Waals surface area contributed by atoms with E-state index in [1.807, 2.05) is 22.8 Å². The zero-order valence-electron chi connectivity index (χ0n) is 15.1. The smallest absolute Gasteiger partial charge is 0.272 e. The summed E-state index contributed by atoms with van der Waals surface area (Å²) in [6.07, 6.45) is 4.65. The van der Waals surface area contributed by atoms with Crippen molar-refractivity contribution in [2.75, 3.05) is 7.11 Å². The van der Waals surface area contributed by atoms with Gasteiger partial charge in [0.2, 0.25) is 0 Å². The second-order valence-electron chi connectivity index (χ2n) is 5.75. The van der Waals surface area contributed by atoms with Crippen molar-refractivity contribution in [3.05, 3.63) is 81.7 Å². The fourth-order valence-corrected chi connectivity index (χ4v) is 3.65. The number of amides is 1. The van der Waals surface area contributed by atoms with E-state index in [1.165, 1.54) is 29.5 Å². The lowest BCUT2D eigenvalue weighted by molar-refractivity contribution is -0.384. The molecule has 0 N–H and O–H groups in total. The molecular weight excluding hydrogens is 378 g/mol. The van der Waals surface area contributed by atoms with Crippen molar-refractivity contribution in [2.24, 2.45) is 4.99 Å². The number of non-ortho nitro benzene ring substituents is 1. The van der Waals surface area contributed by atoms with Gasteiger partial charge >= 0.3 is 0 Å². The van der Waals surface area contributed by atoms with Gasteiger partial charge < -0.3 is 9.30 Å². The van der Waals surface area contributed by atoms with Crippen LogP contribution in [0.2, 0.25) is 0 Å². The van der Waals surface area contributed by atoms with Crippen molar-refractivity contribution in [3.63, 3.8) is 0 Å². The number of aromatic nitrogens is 1. The highest BCUT2D eigenvalue weighted by Crippen LogP contribution is 2.23. The van der Waals surface area contributed by atoms with E-state index in [9.17, 15) is 14.9 Å². The standard InChI is InChI=1S/C20H17N3O4S/c1-3-12-22-17-10-9-16(27-2)13-18(17)28-20(22)21-19(24)11-6-14-4-7-15(8-5-14)23(25)26/h3-11,13H,1,12H2,2H3/b11-6-,21-20?. The number of allylic oxidation sites excluding steroid dienone is 1. The number of fused-ring (bicyclic) bond motifs is 1. The molecule has 0 aliphatic heterocycles. The van der Waals surface area contributed by atoms with Gasteiger partial charge in [0.15, 0.2) is 4.80 Å². The van der Waals surface area contributed by atoms with Crippen LogP contribution in [-0.4, -0.2) is 22.5 Å². The Morgan fingerprint density at radius 3 is 2.71 bits per heavy atom. The number of ether oxygens (including phenoxy) is 1. The number of carbonyl (C=O) groups is 1. The van der Waals surface area contributed by atoms with Crippen molar-refractivity contribution in [1.82, 2.24) is 4.57 Å². The van der Waals surface area contributed by atoms with E-state index in [0.29, 0.717) is 16.9 Å². The summed E-state index contributed by atoms with van der Waals surface area (Å²) in [6, 6.07) is 11.6. The molecule has 3 aromatic rings. The Morgan fingerprint density at radius 2 is 2.07 bits per heavy atom. The molecule has 0 unspecified atom stereocenters.